The van der Waals surface area contributed by atoms with Crippen LogP contribution in [0.2, 0.25) is 0 Å². The van der Waals surface area contributed by atoms with Crippen molar-refractivity contribution < 1.29 is 33.1 Å². The van der Waals surface area contributed by atoms with Crippen molar-refractivity contribution in [2.75, 3.05) is 13.2 Å². The second-order valence-corrected chi connectivity index (χ2v) is 6.05. The third kappa shape index (κ3) is 4.67. The lowest BCUT2D eigenvalue weighted by molar-refractivity contribution is -0.144. The van der Waals surface area contributed by atoms with Crippen LogP contribution in [-0.2, 0) is 14.3 Å². The molecule has 9 heteroatoms. The van der Waals surface area contributed by atoms with E-state index in [0.29, 0.717) is 11.3 Å². The Kier molecular flexibility index (Phi) is 6.75. The van der Waals surface area contributed by atoms with Gasteiger partial charge >= 0.3 is 11.9 Å². The van der Waals surface area contributed by atoms with Crippen LogP contribution in [0.3, 0.4) is 0 Å². The van der Waals surface area contributed by atoms with Gasteiger partial charge in [0.1, 0.15) is 6.04 Å². The van der Waals surface area contributed by atoms with Crippen molar-refractivity contribution in [3.05, 3.63) is 46.7 Å². The van der Waals surface area contributed by atoms with Crippen molar-refractivity contribution in [1.82, 2.24) is 10.3 Å². The van der Waals surface area contributed by atoms with E-state index < -0.39 is 36.3 Å². The summed E-state index contributed by atoms with van der Waals surface area (Å²) in [5.74, 6) is -2.33. The highest BCUT2D eigenvalue weighted by atomic mass is 16.5. The molecule has 28 heavy (non-hydrogen) atoms. The molecule has 0 radical (unpaired) electrons. The maximum Gasteiger partial charge on any atom is 0.340 e. The number of hydrogen-bond acceptors (Lipinski definition) is 7. The third-order valence-corrected chi connectivity index (χ3v) is 3.99. The molecule has 0 aliphatic heterocycles. The van der Waals surface area contributed by atoms with Crippen molar-refractivity contribution in [3.8, 4) is 0 Å². The predicted octanol–water partition coefficient (Wildman–Crippen LogP) is 1.95. The van der Waals surface area contributed by atoms with E-state index in [-0.39, 0.29) is 23.6 Å². The molecule has 0 aliphatic carbocycles. The van der Waals surface area contributed by atoms with Crippen LogP contribution in [0.25, 0.3) is 0 Å². The lowest BCUT2D eigenvalue weighted by Gasteiger charge is -2.12. The summed E-state index contributed by atoms with van der Waals surface area (Å²) in [5, 5.41) is 2.41. The Morgan fingerprint density at radius 1 is 1.21 bits per heavy atom. The summed E-state index contributed by atoms with van der Waals surface area (Å²) in [7, 11) is 0. The molecule has 0 saturated carbocycles. The van der Waals surface area contributed by atoms with Gasteiger partial charge in [-0.1, -0.05) is 0 Å². The van der Waals surface area contributed by atoms with E-state index >= 15 is 0 Å². The normalized spacial score (nSPS) is 11.6. The first-order valence-electron chi connectivity index (χ1n) is 8.66. The molecular weight excluding hydrogens is 368 g/mol. The third-order valence-electron chi connectivity index (χ3n) is 3.99. The first kappa shape index (κ1) is 20.9. The second kappa shape index (κ2) is 9.03. The zero-order valence-corrected chi connectivity index (χ0v) is 16.1. The smallest absolute Gasteiger partial charge is 0.340 e. The monoisotopic (exact) mass is 390 g/mol. The number of esters is 2. The first-order valence-corrected chi connectivity index (χ1v) is 8.66. The molecule has 2 aromatic heterocycles. The molecule has 0 aromatic carbocycles. The molecule has 9 nitrogen and oxygen atoms in total. The Morgan fingerprint density at radius 3 is 2.54 bits per heavy atom. The average Bonchev–Trinajstić information content (AvgIpc) is 3.27. The highest BCUT2D eigenvalue weighted by molar-refractivity contribution is 6.02. The fourth-order valence-electron chi connectivity index (χ4n) is 2.61. The lowest BCUT2D eigenvalue weighted by Crippen LogP contribution is -2.40. The lowest BCUT2D eigenvalue weighted by atomic mass is 10.1. The van der Waals surface area contributed by atoms with Crippen molar-refractivity contribution in [2.45, 2.75) is 33.7 Å². The quantitative estimate of drug-likeness (QED) is 0.521. The van der Waals surface area contributed by atoms with E-state index in [9.17, 15) is 19.2 Å². The highest BCUT2D eigenvalue weighted by Crippen LogP contribution is 2.19. The van der Waals surface area contributed by atoms with Gasteiger partial charge in [-0.2, -0.15) is 0 Å². The molecule has 0 unspecified atom stereocenters. The van der Waals surface area contributed by atoms with Crippen LogP contribution in [0.5, 0.6) is 0 Å². The van der Waals surface area contributed by atoms with Crippen LogP contribution in [0.4, 0.5) is 0 Å². The van der Waals surface area contributed by atoms with Gasteiger partial charge in [-0.15, -0.1) is 0 Å². The molecule has 0 saturated heterocycles. The van der Waals surface area contributed by atoms with Gasteiger partial charge in [0.15, 0.2) is 12.4 Å². The van der Waals surface area contributed by atoms with Gasteiger partial charge in [0.2, 0.25) is 5.78 Å². The van der Waals surface area contributed by atoms with Crippen LogP contribution < -0.4 is 5.32 Å². The van der Waals surface area contributed by atoms with E-state index in [1.807, 2.05) is 0 Å². The fourth-order valence-corrected chi connectivity index (χ4v) is 2.61. The Balaban J connectivity index is 1.96. The number of rotatable bonds is 8. The van der Waals surface area contributed by atoms with E-state index in [0.717, 1.165) is 0 Å². The average molecular weight is 390 g/mol. The molecule has 2 rings (SSSR count). The Bertz CT molecular complexity index is 880. The topological polar surface area (TPSA) is 128 Å². The summed E-state index contributed by atoms with van der Waals surface area (Å²) in [4.78, 5) is 51.1. The van der Waals surface area contributed by atoms with Crippen LogP contribution in [0, 0.1) is 13.8 Å². The molecular formula is C19H22N2O7. The molecule has 0 spiro atoms. The van der Waals surface area contributed by atoms with Gasteiger partial charge in [0.05, 0.1) is 24.1 Å². The van der Waals surface area contributed by atoms with Gasteiger partial charge in [0, 0.05) is 5.69 Å². The van der Waals surface area contributed by atoms with Crippen molar-refractivity contribution >= 4 is 23.6 Å². The highest BCUT2D eigenvalue weighted by Gasteiger charge is 2.25. The van der Waals surface area contributed by atoms with Crippen LogP contribution >= 0.6 is 0 Å². The van der Waals surface area contributed by atoms with Crippen LogP contribution in [-0.4, -0.2) is 47.9 Å². The van der Waals surface area contributed by atoms with E-state index in [1.54, 1.807) is 26.8 Å². The predicted molar refractivity (Wildman–Crippen MR) is 97.1 cm³/mol. The Morgan fingerprint density at radius 2 is 1.93 bits per heavy atom. The fraction of sp³-hybridized carbons (Fsp3) is 0.368. The van der Waals surface area contributed by atoms with Gasteiger partial charge in [-0.05, 0) is 45.4 Å². The number of H-pyrrole nitrogens is 1. The standard InChI is InChI=1S/C19H22N2O7/c1-5-26-19(25)15-10(2)16(20-11(15)3)13(22)9-28-18(24)12(4)21-17(23)14-7-6-8-27-14/h6-8,12,20H,5,9H2,1-4H3,(H,21,23)/t12-/m0/s1. The summed E-state index contributed by atoms with van der Waals surface area (Å²) in [5.41, 5.74) is 1.37. The van der Waals surface area contributed by atoms with E-state index in [4.69, 9.17) is 13.9 Å². The number of hydrogen-bond donors (Lipinski definition) is 2. The number of ether oxygens (including phenoxy) is 2. The van der Waals surface area contributed by atoms with Crippen molar-refractivity contribution in [1.29, 1.82) is 0 Å². The number of carbonyl (C=O) groups is 4. The molecule has 2 N–H and O–H groups in total. The number of amides is 1. The molecule has 2 aromatic rings. The molecule has 0 aliphatic rings. The van der Waals surface area contributed by atoms with Crippen LogP contribution in [0.15, 0.2) is 22.8 Å². The number of nitrogens with one attached hydrogen (secondary N) is 2. The molecule has 150 valence electrons. The summed E-state index contributed by atoms with van der Waals surface area (Å²) >= 11 is 0. The SMILES string of the molecule is CCOC(=O)c1c(C)[nH]c(C(=O)COC(=O)[C@H](C)NC(=O)c2ccco2)c1C. The number of aromatic nitrogens is 1. The summed E-state index contributed by atoms with van der Waals surface area (Å²) in [6.07, 6.45) is 1.34. The molecule has 0 bridgehead atoms. The minimum Gasteiger partial charge on any atom is -0.462 e. The number of ketones is 1. The maximum absolute atomic E-state index is 12.4. The van der Waals surface area contributed by atoms with Gasteiger partial charge in [0.25, 0.3) is 5.91 Å². The van der Waals surface area contributed by atoms with Crippen molar-refractivity contribution in [2.24, 2.45) is 0 Å². The van der Waals surface area contributed by atoms with E-state index in [2.05, 4.69) is 10.3 Å². The zero-order chi connectivity index (χ0) is 20.8. The number of furan rings is 1. The number of Topliss-reactive ketones (excluding diaryl/α,β-unsaturated/α-hetero) is 1. The molecule has 1 atom stereocenters. The Labute approximate surface area is 161 Å². The van der Waals surface area contributed by atoms with Crippen molar-refractivity contribution in [3.63, 3.8) is 0 Å². The van der Waals surface area contributed by atoms with Gasteiger partial charge < -0.3 is 24.2 Å². The van der Waals surface area contributed by atoms with E-state index in [1.165, 1.54) is 19.3 Å². The maximum atomic E-state index is 12.4. The van der Waals surface area contributed by atoms with Crippen LogP contribution in [0.1, 0.15) is 56.5 Å². The zero-order valence-electron chi connectivity index (χ0n) is 16.1. The number of aryl methyl sites for hydroxylation is 1. The molecule has 1 amide bonds. The minimum absolute atomic E-state index is 0.0553. The Hall–Kier alpha value is -3.36. The summed E-state index contributed by atoms with van der Waals surface area (Å²) in [6.45, 7) is 6.04. The second-order valence-electron chi connectivity index (χ2n) is 6.05. The minimum atomic E-state index is -0.980. The van der Waals surface area contributed by atoms with Gasteiger partial charge in [-0.3, -0.25) is 9.59 Å². The van der Waals surface area contributed by atoms with Gasteiger partial charge in [-0.25, -0.2) is 9.59 Å². The summed E-state index contributed by atoms with van der Waals surface area (Å²) in [6, 6.07) is 2.02. The first-order chi connectivity index (χ1) is 13.3. The largest absolute Gasteiger partial charge is 0.462 e. The summed E-state index contributed by atoms with van der Waals surface area (Å²) < 4.78 is 14.9. The molecule has 0 fully saturated rings. The number of carbonyl (C=O) groups excluding carboxylic acids is 4. The number of aromatic amines is 1. The molecule has 2 heterocycles.